The van der Waals surface area contributed by atoms with Crippen LogP contribution in [0.25, 0.3) is 0 Å². The van der Waals surface area contributed by atoms with Gasteiger partial charge in [-0.05, 0) is 55.2 Å². The summed E-state index contributed by atoms with van der Waals surface area (Å²) in [6.07, 6.45) is 3.62. The van der Waals surface area contributed by atoms with E-state index >= 15 is 0 Å². The predicted octanol–water partition coefficient (Wildman–Crippen LogP) is 5.64. The van der Waals surface area contributed by atoms with E-state index in [0.29, 0.717) is 16.5 Å². The van der Waals surface area contributed by atoms with E-state index in [9.17, 15) is 19.7 Å². The van der Waals surface area contributed by atoms with Crippen LogP contribution in [-0.4, -0.2) is 30.5 Å². The van der Waals surface area contributed by atoms with Gasteiger partial charge in [0.15, 0.2) is 5.75 Å². The number of thiophene rings is 1. The van der Waals surface area contributed by atoms with Gasteiger partial charge < -0.3 is 14.8 Å². The van der Waals surface area contributed by atoms with Gasteiger partial charge in [-0.3, -0.25) is 14.9 Å². The average molecular weight is 475 g/mol. The highest BCUT2D eigenvalue weighted by molar-refractivity contribution is 7.17. The van der Waals surface area contributed by atoms with E-state index in [1.165, 1.54) is 36.6 Å². The molecule has 8 nitrogen and oxygen atoms in total. The Kier molecular flexibility index (Phi) is 7.41. The van der Waals surface area contributed by atoms with Gasteiger partial charge in [0.25, 0.3) is 5.91 Å². The van der Waals surface area contributed by atoms with Crippen LogP contribution < -0.4 is 10.1 Å². The molecule has 178 valence electrons. The summed E-state index contributed by atoms with van der Waals surface area (Å²) in [4.78, 5) is 37.6. The van der Waals surface area contributed by atoms with Gasteiger partial charge in [-0.2, -0.15) is 0 Å². The second-order valence-electron chi connectivity index (χ2n) is 8.81. The Bertz CT molecular complexity index is 1080. The van der Waals surface area contributed by atoms with Crippen molar-refractivity contribution in [1.29, 1.82) is 0 Å². The predicted molar refractivity (Wildman–Crippen MR) is 127 cm³/mol. The number of anilines is 1. The first kappa shape index (κ1) is 24.7. The van der Waals surface area contributed by atoms with Gasteiger partial charge >= 0.3 is 11.7 Å². The number of carbonyl (C=O) groups excluding carboxylic acids is 2. The summed E-state index contributed by atoms with van der Waals surface area (Å²) in [5, 5.41) is 14.6. The molecule has 0 saturated carbocycles. The fraction of sp³-hybridized carbons (Fsp3) is 0.500. The minimum Gasteiger partial charge on any atom is -0.490 e. The van der Waals surface area contributed by atoms with Gasteiger partial charge in [-0.25, -0.2) is 4.79 Å². The molecule has 9 heteroatoms. The van der Waals surface area contributed by atoms with Crippen LogP contribution in [0.2, 0.25) is 0 Å². The Labute approximate surface area is 197 Å². The van der Waals surface area contributed by atoms with Crippen molar-refractivity contribution in [2.24, 2.45) is 11.3 Å². The highest BCUT2D eigenvalue weighted by atomic mass is 32.1. The summed E-state index contributed by atoms with van der Waals surface area (Å²) >= 11 is 1.40. The number of carbonyl (C=O) groups is 2. The summed E-state index contributed by atoms with van der Waals surface area (Å²) in [6.45, 7) is 8.69. The van der Waals surface area contributed by atoms with E-state index in [0.717, 1.165) is 36.1 Å². The summed E-state index contributed by atoms with van der Waals surface area (Å²) in [5.41, 5.74) is 1.33. The molecule has 1 aliphatic rings. The fourth-order valence-corrected chi connectivity index (χ4v) is 5.51. The number of nitro benzene ring substituents is 1. The second-order valence-corrected chi connectivity index (χ2v) is 9.91. The van der Waals surface area contributed by atoms with Crippen LogP contribution in [0.5, 0.6) is 5.75 Å². The fourth-order valence-electron chi connectivity index (χ4n) is 4.20. The molecule has 0 saturated heterocycles. The van der Waals surface area contributed by atoms with E-state index in [2.05, 4.69) is 26.1 Å². The van der Waals surface area contributed by atoms with Crippen molar-refractivity contribution in [3.05, 3.63) is 49.9 Å². The Morgan fingerprint density at radius 3 is 2.64 bits per heavy atom. The lowest BCUT2D eigenvalue weighted by atomic mass is 9.69. The van der Waals surface area contributed by atoms with E-state index in [1.807, 2.05) is 0 Å². The standard InChI is InChI=1S/C24H30N2O6S/c1-6-24(3,4)15-9-10-16-19(13-15)33-22(20(16)23(28)32-7-2)25-21(27)14-8-11-18(31-5)17(12-14)26(29)30/h8,11-12,15H,6-7,9-10,13H2,1-5H3,(H,25,27)/t15-/m0/s1. The van der Waals surface area contributed by atoms with Crippen LogP contribution in [-0.2, 0) is 17.6 Å². The first-order chi connectivity index (χ1) is 15.6. The Morgan fingerprint density at radius 2 is 2.03 bits per heavy atom. The first-order valence-electron chi connectivity index (χ1n) is 11.1. The van der Waals surface area contributed by atoms with Crippen molar-refractivity contribution in [3.63, 3.8) is 0 Å². The number of benzene rings is 1. The number of hydrogen-bond donors (Lipinski definition) is 1. The van der Waals surface area contributed by atoms with Crippen LogP contribution in [0, 0.1) is 21.4 Å². The van der Waals surface area contributed by atoms with Crippen molar-refractivity contribution in [2.45, 2.75) is 53.4 Å². The minimum atomic E-state index is -0.598. The van der Waals surface area contributed by atoms with Crippen molar-refractivity contribution in [2.75, 3.05) is 19.0 Å². The molecule has 0 unspecified atom stereocenters. The number of methoxy groups -OCH3 is 1. The van der Waals surface area contributed by atoms with Crippen molar-refractivity contribution < 1.29 is 24.0 Å². The molecule has 1 N–H and O–H groups in total. The largest absolute Gasteiger partial charge is 0.490 e. The molecule has 0 radical (unpaired) electrons. The molecule has 0 aliphatic heterocycles. The molecule has 0 fully saturated rings. The monoisotopic (exact) mass is 474 g/mol. The third-order valence-electron chi connectivity index (χ3n) is 6.63. The number of hydrogen-bond acceptors (Lipinski definition) is 7. The maximum Gasteiger partial charge on any atom is 0.341 e. The zero-order valence-corrected chi connectivity index (χ0v) is 20.5. The molecule has 3 rings (SSSR count). The number of amides is 1. The minimum absolute atomic E-state index is 0.0694. The number of rotatable bonds is 8. The number of esters is 1. The number of nitro groups is 1. The maximum atomic E-state index is 13.0. The van der Waals surface area contributed by atoms with Crippen LogP contribution in [0.3, 0.4) is 0 Å². The van der Waals surface area contributed by atoms with Crippen LogP contribution >= 0.6 is 11.3 Å². The lowest BCUT2D eigenvalue weighted by Crippen LogP contribution is -2.28. The topological polar surface area (TPSA) is 108 Å². The summed E-state index contributed by atoms with van der Waals surface area (Å²) in [6, 6.07) is 4.01. The van der Waals surface area contributed by atoms with E-state index in [-0.39, 0.29) is 29.0 Å². The SMILES string of the molecule is CCOC(=O)c1c(NC(=O)c2ccc(OC)c([N+](=O)[O-])c2)sc2c1CC[C@H](C(C)(C)CC)C2. The van der Waals surface area contributed by atoms with Gasteiger partial charge in [0.2, 0.25) is 0 Å². The zero-order valence-electron chi connectivity index (χ0n) is 19.6. The van der Waals surface area contributed by atoms with Crippen molar-refractivity contribution >= 4 is 33.9 Å². The Morgan fingerprint density at radius 1 is 1.30 bits per heavy atom. The molecule has 1 aromatic carbocycles. The molecule has 0 bridgehead atoms. The Balaban J connectivity index is 1.96. The van der Waals surface area contributed by atoms with Gasteiger partial charge in [-0.15, -0.1) is 11.3 Å². The molecule has 1 aliphatic carbocycles. The average Bonchev–Trinajstić information content (AvgIpc) is 3.15. The molecule has 1 aromatic heterocycles. The third kappa shape index (κ3) is 5.03. The van der Waals surface area contributed by atoms with Crippen molar-refractivity contribution in [3.8, 4) is 5.75 Å². The first-order valence-corrected chi connectivity index (χ1v) is 11.9. The zero-order chi connectivity index (χ0) is 24.3. The molecule has 2 aromatic rings. The number of ether oxygens (including phenoxy) is 2. The molecule has 1 atom stereocenters. The Hall–Kier alpha value is -2.94. The van der Waals surface area contributed by atoms with E-state index in [1.54, 1.807) is 6.92 Å². The van der Waals surface area contributed by atoms with Gasteiger partial charge in [-0.1, -0.05) is 27.2 Å². The molecule has 1 amide bonds. The van der Waals surface area contributed by atoms with Crippen LogP contribution in [0.15, 0.2) is 18.2 Å². The normalized spacial score (nSPS) is 15.5. The lowest BCUT2D eigenvalue weighted by Gasteiger charge is -2.36. The van der Waals surface area contributed by atoms with E-state index in [4.69, 9.17) is 9.47 Å². The van der Waals surface area contributed by atoms with E-state index < -0.39 is 16.8 Å². The molecule has 33 heavy (non-hydrogen) atoms. The lowest BCUT2D eigenvalue weighted by molar-refractivity contribution is -0.385. The molecular formula is C24H30N2O6S. The molecule has 1 heterocycles. The third-order valence-corrected chi connectivity index (χ3v) is 7.80. The van der Waals surface area contributed by atoms with Crippen LogP contribution in [0.1, 0.15) is 71.7 Å². The smallest absolute Gasteiger partial charge is 0.341 e. The summed E-state index contributed by atoms with van der Waals surface area (Å²) < 4.78 is 10.3. The summed E-state index contributed by atoms with van der Waals surface area (Å²) in [5.74, 6) is -0.439. The van der Waals surface area contributed by atoms with Gasteiger partial charge in [0.1, 0.15) is 5.00 Å². The highest BCUT2D eigenvalue weighted by Crippen LogP contribution is 2.45. The number of fused-ring (bicyclic) bond motifs is 1. The highest BCUT2D eigenvalue weighted by Gasteiger charge is 2.36. The molecule has 0 spiro atoms. The maximum absolute atomic E-state index is 13.0. The second kappa shape index (κ2) is 9.91. The number of nitrogens with zero attached hydrogens (tertiary/aromatic N) is 1. The van der Waals surface area contributed by atoms with Crippen molar-refractivity contribution in [1.82, 2.24) is 0 Å². The van der Waals surface area contributed by atoms with Crippen LogP contribution in [0.4, 0.5) is 10.7 Å². The van der Waals surface area contributed by atoms with Gasteiger partial charge in [0, 0.05) is 16.5 Å². The summed E-state index contributed by atoms with van der Waals surface area (Å²) in [7, 11) is 1.33. The number of nitrogens with one attached hydrogen (secondary N) is 1. The quantitative estimate of drug-likeness (QED) is 0.302. The molecular weight excluding hydrogens is 444 g/mol. The van der Waals surface area contributed by atoms with Gasteiger partial charge in [0.05, 0.1) is 24.2 Å².